The van der Waals surface area contributed by atoms with Gasteiger partial charge >= 0.3 is 5.97 Å². The van der Waals surface area contributed by atoms with E-state index in [4.69, 9.17) is 0 Å². The molecule has 2 aromatic rings. The lowest BCUT2D eigenvalue weighted by Crippen LogP contribution is -2.55. The molecule has 1 aromatic carbocycles. The zero-order chi connectivity index (χ0) is 13.5. The summed E-state index contributed by atoms with van der Waals surface area (Å²) in [6.07, 6.45) is 2.67. The lowest BCUT2D eigenvalue weighted by atomic mass is 9.89. The van der Waals surface area contributed by atoms with Crippen LogP contribution in [0.25, 0.3) is 10.2 Å². The van der Waals surface area contributed by atoms with Crippen LogP contribution in [0.15, 0.2) is 24.3 Å². The number of fused-ring (bicyclic) bond motifs is 1. The standard InChI is InChI=1S/C14H16N2O2S/c1-14(12(17)18)8-4-5-9-16(14)13-15-10-6-2-3-7-11(10)19-13/h2-3,6-7H,4-5,8-9H2,1H3,(H,17,18). The minimum Gasteiger partial charge on any atom is -0.480 e. The van der Waals surface area contributed by atoms with Crippen molar-refractivity contribution in [1.82, 2.24) is 4.98 Å². The molecule has 2 heterocycles. The van der Waals surface area contributed by atoms with Crippen molar-refractivity contribution in [3.8, 4) is 0 Å². The van der Waals surface area contributed by atoms with Crippen molar-refractivity contribution < 1.29 is 9.90 Å². The summed E-state index contributed by atoms with van der Waals surface area (Å²) in [5, 5.41) is 10.4. The van der Waals surface area contributed by atoms with Crippen molar-refractivity contribution in [3.63, 3.8) is 0 Å². The number of hydrogen-bond acceptors (Lipinski definition) is 4. The first kappa shape index (κ1) is 12.4. The highest BCUT2D eigenvalue weighted by Crippen LogP contribution is 2.37. The number of nitrogens with zero attached hydrogens (tertiary/aromatic N) is 2. The summed E-state index contributed by atoms with van der Waals surface area (Å²) in [5.41, 5.74) is 0.118. The fourth-order valence-corrected chi connectivity index (χ4v) is 3.73. The van der Waals surface area contributed by atoms with Crippen LogP contribution in [-0.4, -0.2) is 28.1 Å². The summed E-state index contributed by atoms with van der Waals surface area (Å²) in [5.74, 6) is -0.758. The highest BCUT2D eigenvalue weighted by Gasteiger charge is 2.42. The van der Waals surface area contributed by atoms with Crippen molar-refractivity contribution in [1.29, 1.82) is 0 Å². The number of aromatic nitrogens is 1. The molecule has 1 aliphatic rings. The Labute approximate surface area is 115 Å². The third-order valence-electron chi connectivity index (χ3n) is 3.87. The second-order valence-electron chi connectivity index (χ2n) is 5.15. The van der Waals surface area contributed by atoms with Crippen molar-refractivity contribution in [2.45, 2.75) is 31.7 Å². The Balaban J connectivity index is 2.05. The third kappa shape index (κ3) is 1.98. The molecule has 0 spiro atoms. The van der Waals surface area contributed by atoms with Gasteiger partial charge in [-0.05, 0) is 38.3 Å². The summed E-state index contributed by atoms with van der Waals surface area (Å²) in [7, 11) is 0. The molecule has 1 aliphatic heterocycles. The Bertz CT molecular complexity index is 592. The molecule has 0 radical (unpaired) electrons. The number of carboxylic acid groups (broad SMARTS) is 1. The fraction of sp³-hybridized carbons (Fsp3) is 0.429. The Hall–Kier alpha value is -1.62. The minimum absolute atomic E-state index is 0.679. The van der Waals surface area contributed by atoms with Gasteiger partial charge in [0.25, 0.3) is 0 Å². The van der Waals surface area contributed by atoms with Gasteiger partial charge in [0.15, 0.2) is 5.13 Å². The monoisotopic (exact) mass is 276 g/mol. The van der Waals surface area contributed by atoms with Crippen LogP contribution < -0.4 is 4.90 Å². The molecule has 4 nitrogen and oxygen atoms in total. The van der Waals surface area contributed by atoms with Gasteiger partial charge in [0.2, 0.25) is 0 Å². The van der Waals surface area contributed by atoms with Gasteiger partial charge in [-0.1, -0.05) is 23.5 Å². The van der Waals surface area contributed by atoms with E-state index in [9.17, 15) is 9.90 Å². The summed E-state index contributed by atoms with van der Waals surface area (Å²) < 4.78 is 1.11. The van der Waals surface area contributed by atoms with Crippen molar-refractivity contribution in [2.75, 3.05) is 11.4 Å². The van der Waals surface area contributed by atoms with Crippen LogP contribution in [0.4, 0.5) is 5.13 Å². The van der Waals surface area contributed by atoms with Crippen LogP contribution in [-0.2, 0) is 4.79 Å². The van der Waals surface area contributed by atoms with E-state index in [0.29, 0.717) is 6.42 Å². The van der Waals surface area contributed by atoms with Gasteiger partial charge in [0.05, 0.1) is 10.2 Å². The maximum atomic E-state index is 11.6. The van der Waals surface area contributed by atoms with E-state index < -0.39 is 11.5 Å². The molecule has 1 N–H and O–H groups in total. The molecule has 19 heavy (non-hydrogen) atoms. The van der Waals surface area contributed by atoms with E-state index in [-0.39, 0.29) is 0 Å². The summed E-state index contributed by atoms with van der Waals surface area (Å²) in [4.78, 5) is 18.2. The van der Waals surface area contributed by atoms with E-state index in [0.717, 1.165) is 34.7 Å². The molecule has 1 atom stereocenters. The highest BCUT2D eigenvalue weighted by molar-refractivity contribution is 7.22. The Morgan fingerprint density at radius 3 is 2.95 bits per heavy atom. The molecule has 1 unspecified atom stereocenters. The van der Waals surface area contributed by atoms with E-state index in [1.54, 1.807) is 18.3 Å². The zero-order valence-corrected chi connectivity index (χ0v) is 11.6. The molecule has 1 saturated heterocycles. The van der Waals surface area contributed by atoms with Crippen LogP contribution in [0, 0.1) is 0 Å². The SMILES string of the molecule is CC1(C(=O)O)CCCCN1c1nc2ccccc2s1. The van der Waals surface area contributed by atoms with Crippen LogP contribution in [0.5, 0.6) is 0 Å². The molecule has 0 saturated carbocycles. The molecule has 3 rings (SSSR count). The lowest BCUT2D eigenvalue weighted by Gasteiger charge is -2.41. The second kappa shape index (κ2) is 4.49. The van der Waals surface area contributed by atoms with Gasteiger partial charge in [-0.25, -0.2) is 9.78 Å². The molecule has 5 heteroatoms. The van der Waals surface area contributed by atoms with Gasteiger partial charge in [-0.2, -0.15) is 0 Å². The van der Waals surface area contributed by atoms with E-state index in [1.165, 1.54) is 0 Å². The molecule has 100 valence electrons. The maximum absolute atomic E-state index is 11.6. The predicted octanol–water partition coefficient (Wildman–Crippen LogP) is 3.13. The largest absolute Gasteiger partial charge is 0.480 e. The highest BCUT2D eigenvalue weighted by atomic mass is 32.1. The number of benzene rings is 1. The van der Waals surface area contributed by atoms with E-state index in [2.05, 4.69) is 4.98 Å². The summed E-state index contributed by atoms with van der Waals surface area (Å²) in [6.45, 7) is 2.57. The number of piperidine rings is 1. The van der Waals surface area contributed by atoms with Crippen LogP contribution in [0.1, 0.15) is 26.2 Å². The summed E-state index contributed by atoms with van der Waals surface area (Å²) >= 11 is 1.57. The molecular weight excluding hydrogens is 260 g/mol. The normalized spacial score (nSPS) is 23.7. The Morgan fingerprint density at radius 1 is 1.42 bits per heavy atom. The topological polar surface area (TPSA) is 53.4 Å². The molecule has 0 aliphatic carbocycles. The van der Waals surface area contributed by atoms with Gasteiger partial charge in [0.1, 0.15) is 5.54 Å². The van der Waals surface area contributed by atoms with Crippen molar-refractivity contribution in [2.24, 2.45) is 0 Å². The fourth-order valence-electron chi connectivity index (χ4n) is 2.63. The first-order valence-corrected chi connectivity index (χ1v) is 7.29. The van der Waals surface area contributed by atoms with Crippen LogP contribution in [0.3, 0.4) is 0 Å². The molecule has 0 bridgehead atoms. The third-order valence-corrected chi connectivity index (χ3v) is 4.92. The second-order valence-corrected chi connectivity index (χ2v) is 6.16. The maximum Gasteiger partial charge on any atom is 0.329 e. The van der Waals surface area contributed by atoms with Crippen LogP contribution >= 0.6 is 11.3 Å². The number of carbonyl (C=O) groups is 1. The number of anilines is 1. The summed E-state index contributed by atoms with van der Waals surface area (Å²) in [6, 6.07) is 7.94. The zero-order valence-electron chi connectivity index (χ0n) is 10.8. The molecule has 0 amide bonds. The van der Waals surface area contributed by atoms with Gasteiger partial charge in [0, 0.05) is 6.54 Å². The number of rotatable bonds is 2. The number of carboxylic acids is 1. The van der Waals surface area contributed by atoms with E-state index in [1.807, 2.05) is 29.2 Å². The molecular formula is C14H16N2O2S. The van der Waals surface area contributed by atoms with Gasteiger partial charge in [-0.15, -0.1) is 0 Å². The minimum atomic E-state index is -0.827. The average Bonchev–Trinajstić information content (AvgIpc) is 2.82. The molecule has 1 aromatic heterocycles. The van der Waals surface area contributed by atoms with Gasteiger partial charge < -0.3 is 10.0 Å². The number of aliphatic carboxylic acids is 1. The number of thiazole rings is 1. The van der Waals surface area contributed by atoms with Crippen LogP contribution in [0.2, 0.25) is 0 Å². The molecule has 1 fully saturated rings. The van der Waals surface area contributed by atoms with E-state index >= 15 is 0 Å². The first-order valence-electron chi connectivity index (χ1n) is 6.48. The Morgan fingerprint density at radius 2 is 2.21 bits per heavy atom. The lowest BCUT2D eigenvalue weighted by molar-refractivity contribution is -0.143. The van der Waals surface area contributed by atoms with Crippen molar-refractivity contribution >= 4 is 32.7 Å². The quantitative estimate of drug-likeness (QED) is 0.915. The number of hydrogen-bond donors (Lipinski definition) is 1. The van der Waals surface area contributed by atoms with Crippen molar-refractivity contribution in [3.05, 3.63) is 24.3 Å². The number of para-hydroxylation sites is 1. The smallest absolute Gasteiger partial charge is 0.329 e. The average molecular weight is 276 g/mol. The first-order chi connectivity index (χ1) is 9.11. The Kier molecular flexibility index (Phi) is 2.93. The predicted molar refractivity (Wildman–Crippen MR) is 76.9 cm³/mol. The van der Waals surface area contributed by atoms with Gasteiger partial charge in [-0.3, -0.25) is 0 Å².